The Labute approximate surface area is 108 Å². The van der Waals surface area contributed by atoms with E-state index < -0.39 is 0 Å². The molecule has 4 nitrogen and oxygen atoms in total. The Balaban J connectivity index is 0.000000574. The largest absolute Gasteiger partial charge is 0.383 e. The van der Waals surface area contributed by atoms with E-state index in [1.807, 2.05) is 26.8 Å². The van der Waals surface area contributed by atoms with E-state index in [4.69, 9.17) is 5.73 Å². The highest BCUT2D eigenvalue weighted by Gasteiger charge is 2.29. The van der Waals surface area contributed by atoms with Gasteiger partial charge in [-0.2, -0.15) is 5.10 Å². The van der Waals surface area contributed by atoms with Gasteiger partial charge in [-0.3, -0.25) is 4.68 Å². The van der Waals surface area contributed by atoms with Gasteiger partial charge in [0, 0.05) is 6.20 Å². The van der Waals surface area contributed by atoms with Gasteiger partial charge in [0.2, 0.25) is 0 Å². The number of hydrogen-bond acceptors (Lipinski definition) is 3. The summed E-state index contributed by atoms with van der Waals surface area (Å²) in [6.07, 6.45) is 4.20. The number of rotatable bonds is 1. The van der Waals surface area contributed by atoms with Crippen molar-refractivity contribution in [2.45, 2.75) is 46.6 Å². The zero-order chi connectivity index (χ0) is 13.3. The van der Waals surface area contributed by atoms with Crippen LogP contribution in [-0.4, -0.2) is 14.8 Å². The van der Waals surface area contributed by atoms with E-state index in [-0.39, 0.29) is 0 Å². The van der Waals surface area contributed by atoms with E-state index in [2.05, 4.69) is 21.7 Å². The number of nitrogen functional groups attached to an aromatic ring is 1. The van der Waals surface area contributed by atoms with Gasteiger partial charge in [0.05, 0.1) is 22.6 Å². The second-order valence-electron chi connectivity index (χ2n) is 4.85. The topological polar surface area (TPSA) is 56.7 Å². The Morgan fingerprint density at radius 1 is 1.33 bits per heavy atom. The van der Waals surface area contributed by atoms with Gasteiger partial charge in [-0.1, -0.05) is 20.8 Å². The van der Waals surface area contributed by atoms with E-state index >= 15 is 0 Å². The first-order valence-electron chi connectivity index (χ1n) is 6.76. The highest BCUT2D eigenvalue weighted by Crippen LogP contribution is 2.39. The van der Waals surface area contributed by atoms with Crippen molar-refractivity contribution in [3.63, 3.8) is 0 Å². The second-order valence-corrected chi connectivity index (χ2v) is 4.85. The first-order chi connectivity index (χ1) is 8.66. The molecule has 0 spiro atoms. The normalized spacial score (nSPS) is 22.2. The number of nitrogens with two attached hydrogens (primary N) is 1. The summed E-state index contributed by atoms with van der Waals surface area (Å²) in [6.45, 7) is 8.28. The predicted molar refractivity (Wildman–Crippen MR) is 75.5 cm³/mol. The number of aryl methyl sites for hydroxylation is 1. The van der Waals surface area contributed by atoms with E-state index in [1.54, 1.807) is 6.20 Å². The van der Waals surface area contributed by atoms with Crippen molar-refractivity contribution in [2.24, 2.45) is 5.92 Å². The molecule has 18 heavy (non-hydrogen) atoms. The Kier molecular flexibility index (Phi) is 3.55. The molecule has 1 aliphatic rings. The van der Waals surface area contributed by atoms with Crippen LogP contribution < -0.4 is 5.73 Å². The van der Waals surface area contributed by atoms with Crippen LogP contribution in [0.15, 0.2) is 12.3 Å². The minimum Gasteiger partial charge on any atom is -0.383 e. The van der Waals surface area contributed by atoms with Gasteiger partial charge in [-0.05, 0) is 31.7 Å². The van der Waals surface area contributed by atoms with Gasteiger partial charge in [0.1, 0.15) is 5.82 Å². The lowest BCUT2D eigenvalue weighted by molar-refractivity contribution is 0.205. The molecule has 1 aliphatic carbocycles. The summed E-state index contributed by atoms with van der Waals surface area (Å²) >= 11 is 0. The second kappa shape index (κ2) is 4.96. The summed E-state index contributed by atoms with van der Waals surface area (Å²) in [6, 6.07) is 2.56. The molecule has 0 bridgehead atoms. The first kappa shape index (κ1) is 12.9. The summed E-state index contributed by atoms with van der Waals surface area (Å²) in [4.78, 5) is 4.12. The number of anilines is 1. The van der Waals surface area contributed by atoms with E-state index in [1.165, 1.54) is 12.8 Å². The zero-order valence-corrected chi connectivity index (χ0v) is 11.6. The lowest BCUT2D eigenvalue weighted by atomic mass is 9.82. The van der Waals surface area contributed by atoms with Crippen molar-refractivity contribution < 1.29 is 0 Å². The van der Waals surface area contributed by atoms with Crippen molar-refractivity contribution in [3.05, 3.63) is 18.0 Å². The molecule has 0 radical (unpaired) electrons. The zero-order valence-electron chi connectivity index (χ0n) is 11.6. The fourth-order valence-electron chi connectivity index (χ4n) is 2.63. The van der Waals surface area contributed by atoms with Crippen LogP contribution in [0.3, 0.4) is 0 Å². The standard InChI is InChI=1S/C12H16N4.C2H6/c1-7-5-9(6-7)16-10-3-4-14-12(13)11(10)8(2)15-16;1-2/h3-4,7,9H,5-6H2,1-2H3,(H2,13,14);1-2H3. The van der Waals surface area contributed by atoms with Crippen LogP contribution in [0.4, 0.5) is 5.82 Å². The Morgan fingerprint density at radius 2 is 2.00 bits per heavy atom. The van der Waals surface area contributed by atoms with Gasteiger partial charge in [-0.25, -0.2) is 4.98 Å². The van der Waals surface area contributed by atoms with Crippen molar-refractivity contribution in [3.8, 4) is 0 Å². The van der Waals surface area contributed by atoms with Gasteiger partial charge in [0.15, 0.2) is 0 Å². The third-order valence-electron chi connectivity index (χ3n) is 3.52. The third-order valence-corrected chi connectivity index (χ3v) is 3.52. The molecule has 2 heterocycles. The molecule has 98 valence electrons. The summed E-state index contributed by atoms with van der Waals surface area (Å²) < 4.78 is 2.13. The lowest BCUT2D eigenvalue weighted by Gasteiger charge is -2.33. The molecular weight excluding hydrogens is 224 g/mol. The highest BCUT2D eigenvalue weighted by atomic mass is 15.3. The number of aromatic nitrogens is 3. The molecule has 0 saturated heterocycles. The predicted octanol–water partition coefficient (Wildman–Crippen LogP) is 3.32. The van der Waals surface area contributed by atoms with E-state index in [9.17, 15) is 0 Å². The fraction of sp³-hybridized carbons (Fsp3) is 0.571. The van der Waals surface area contributed by atoms with Crippen LogP contribution in [0.25, 0.3) is 10.9 Å². The molecule has 3 rings (SSSR count). The molecule has 2 aromatic rings. The average molecular weight is 246 g/mol. The average Bonchev–Trinajstić information content (AvgIpc) is 2.67. The number of fused-ring (bicyclic) bond motifs is 1. The number of nitrogens with zero attached hydrogens (tertiary/aromatic N) is 3. The van der Waals surface area contributed by atoms with Crippen LogP contribution in [0.1, 0.15) is 45.3 Å². The molecule has 0 aliphatic heterocycles. The van der Waals surface area contributed by atoms with Gasteiger partial charge >= 0.3 is 0 Å². The first-order valence-corrected chi connectivity index (χ1v) is 6.76. The summed E-state index contributed by atoms with van der Waals surface area (Å²) in [5, 5.41) is 5.62. The smallest absolute Gasteiger partial charge is 0.134 e. The fourth-order valence-corrected chi connectivity index (χ4v) is 2.63. The number of pyridine rings is 1. The van der Waals surface area contributed by atoms with Crippen molar-refractivity contribution >= 4 is 16.7 Å². The molecule has 0 aromatic carbocycles. The maximum Gasteiger partial charge on any atom is 0.134 e. The molecule has 4 heteroatoms. The van der Waals surface area contributed by atoms with Crippen molar-refractivity contribution in [1.29, 1.82) is 0 Å². The molecule has 1 saturated carbocycles. The SMILES string of the molecule is CC.Cc1nn(C2CC(C)C2)c2ccnc(N)c12. The van der Waals surface area contributed by atoms with Crippen LogP contribution in [0.2, 0.25) is 0 Å². The Morgan fingerprint density at radius 3 is 2.61 bits per heavy atom. The molecule has 2 aromatic heterocycles. The molecule has 0 atom stereocenters. The minimum absolute atomic E-state index is 0.549. The molecular formula is C14H22N4. The Bertz CT molecular complexity index is 538. The van der Waals surface area contributed by atoms with Crippen LogP contribution >= 0.6 is 0 Å². The van der Waals surface area contributed by atoms with E-state index in [0.29, 0.717) is 11.9 Å². The van der Waals surface area contributed by atoms with Gasteiger partial charge in [-0.15, -0.1) is 0 Å². The summed E-state index contributed by atoms with van der Waals surface area (Å²) in [5.41, 5.74) is 8.01. The molecule has 1 fully saturated rings. The maximum absolute atomic E-state index is 5.89. The summed E-state index contributed by atoms with van der Waals surface area (Å²) in [7, 11) is 0. The van der Waals surface area contributed by atoms with Crippen molar-refractivity contribution in [1.82, 2.24) is 14.8 Å². The molecule has 2 N–H and O–H groups in total. The minimum atomic E-state index is 0.549. The maximum atomic E-state index is 5.89. The monoisotopic (exact) mass is 246 g/mol. The molecule has 0 unspecified atom stereocenters. The van der Waals surface area contributed by atoms with Crippen LogP contribution in [-0.2, 0) is 0 Å². The van der Waals surface area contributed by atoms with E-state index in [0.717, 1.165) is 22.5 Å². The Hall–Kier alpha value is -1.58. The number of hydrogen-bond donors (Lipinski definition) is 1. The lowest BCUT2D eigenvalue weighted by Crippen LogP contribution is -2.25. The highest BCUT2D eigenvalue weighted by molar-refractivity contribution is 5.90. The van der Waals surface area contributed by atoms with Gasteiger partial charge < -0.3 is 5.73 Å². The quantitative estimate of drug-likeness (QED) is 0.839. The van der Waals surface area contributed by atoms with Crippen LogP contribution in [0.5, 0.6) is 0 Å². The van der Waals surface area contributed by atoms with Crippen LogP contribution in [0, 0.1) is 12.8 Å². The summed E-state index contributed by atoms with van der Waals surface area (Å²) in [5.74, 6) is 1.41. The molecule has 0 amide bonds. The third kappa shape index (κ3) is 1.96. The van der Waals surface area contributed by atoms with Crippen molar-refractivity contribution in [2.75, 3.05) is 5.73 Å². The van der Waals surface area contributed by atoms with Gasteiger partial charge in [0.25, 0.3) is 0 Å².